The zero-order valence-electron chi connectivity index (χ0n) is 14.5. The van der Waals surface area contributed by atoms with Gasteiger partial charge >= 0.3 is 11.8 Å². The lowest BCUT2D eigenvalue weighted by atomic mass is 9.94. The molecule has 0 aliphatic heterocycles. The maximum atomic E-state index is 12.3. The smallest absolute Gasteiger partial charge is 0.313 e. The zero-order chi connectivity index (χ0) is 17.7. The fourth-order valence-corrected chi connectivity index (χ4v) is 2.61. The van der Waals surface area contributed by atoms with E-state index in [1.165, 1.54) is 6.20 Å². The zero-order valence-corrected chi connectivity index (χ0v) is 14.5. The van der Waals surface area contributed by atoms with Gasteiger partial charge in [0.15, 0.2) is 0 Å². The van der Waals surface area contributed by atoms with Crippen LogP contribution in [0.25, 0.3) is 0 Å². The number of carbonyl (C=O) groups excluding carboxylic acids is 2. The first-order chi connectivity index (χ1) is 11.4. The molecule has 1 aromatic heterocycles. The Morgan fingerprint density at radius 1 is 1.21 bits per heavy atom. The third kappa shape index (κ3) is 4.68. The summed E-state index contributed by atoms with van der Waals surface area (Å²) in [5.74, 6) is -0.950. The predicted octanol–water partition coefficient (Wildman–Crippen LogP) is 2.57. The molecule has 6 nitrogen and oxygen atoms in total. The Morgan fingerprint density at radius 2 is 1.92 bits per heavy atom. The molecule has 1 atom stereocenters. The van der Waals surface area contributed by atoms with Crippen LogP contribution in [0.3, 0.4) is 0 Å². The van der Waals surface area contributed by atoms with Crippen molar-refractivity contribution in [2.24, 2.45) is 13.0 Å². The van der Waals surface area contributed by atoms with Gasteiger partial charge < -0.3 is 10.6 Å². The molecule has 0 saturated carbocycles. The van der Waals surface area contributed by atoms with Crippen LogP contribution in [0.15, 0.2) is 36.7 Å². The number of carbonyl (C=O) groups is 2. The summed E-state index contributed by atoms with van der Waals surface area (Å²) in [5, 5.41) is 9.37. The van der Waals surface area contributed by atoms with Crippen LogP contribution >= 0.6 is 0 Å². The van der Waals surface area contributed by atoms with E-state index in [0.717, 1.165) is 17.5 Å². The fraction of sp³-hybridized carbons (Fsp3) is 0.389. The van der Waals surface area contributed by atoms with Crippen molar-refractivity contribution in [1.82, 2.24) is 15.1 Å². The van der Waals surface area contributed by atoms with E-state index in [0.29, 0.717) is 11.6 Å². The van der Waals surface area contributed by atoms with Crippen molar-refractivity contribution in [2.75, 3.05) is 5.32 Å². The van der Waals surface area contributed by atoms with Gasteiger partial charge in [-0.25, -0.2) is 0 Å². The largest absolute Gasteiger partial charge is 0.341 e. The molecule has 0 radical (unpaired) electrons. The van der Waals surface area contributed by atoms with E-state index in [9.17, 15) is 9.59 Å². The number of aryl methyl sites for hydroxylation is 2. The molecule has 2 N–H and O–H groups in total. The van der Waals surface area contributed by atoms with Gasteiger partial charge in [-0.2, -0.15) is 5.10 Å². The Labute approximate surface area is 142 Å². The highest BCUT2D eigenvalue weighted by Gasteiger charge is 2.22. The van der Waals surface area contributed by atoms with E-state index in [4.69, 9.17) is 0 Å². The summed E-state index contributed by atoms with van der Waals surface area (Å²) in [6, 6.07) is 7.70. The monoisotopic (exact) mass is 328 g/mol. The summed E-state index contributed by atoms with van der Waals surface area (Å²) in [5.41, 5.74) is 2.62. The lowest BCUT2D eigenvalue weighted by molar-refractivity contribution is -0.136. The summed E-state index contributed by atoms with van der Waals surface area (Å²) in [7, 11) is 1.74. The highest BCUT2D eigenvalue weighted by atomic mass is 16.2. The summed E-state index contributed by atoms with van der Waals surface area (Å²) < 4.78 is 1.56. The molecule has 1 heterocycles. The van der Waals surface area contributed by atoms with E-state index in [2.05, 4.69) is 29.6 Å². The van der Waals surface area contributed by atoms with Crippen molar-refractivity contribution < 1.29 is 9.59 Å². The lowest BCUT2D eigenvalue weighted by Gasteiger charge is -2.22. The quantitative estimate of drug-likeness (QED) is 0.828. The van der Waals surface area contributed by atoms with Crippen LogP contribution < -0.4 is 10.6 Å². The molecule has 6 heteroatoms. The summed E-state index contributed by atoms with van der Waals surface area (Å²) in [6.45, 7) is 6.19. The van der Waals surface area contributed by atoms with Crippen LogP contribution in [0.5, 0.6) is 0 Å². The number of hydrogen-bond acceptors (Lipinski definition) is 3. The van der Waals surface area contributed by atoms with Crippen LogP contribution in [0, 0.1) is 12.8 Å². The Hall–Kier alpha value is -2.63. The van der Waals surface area contributed by atoms with E-state index in [1.54, 1.807) is 17.9 Å². The van der Waals surface area contributed by atoms with Crippen molar-refractivity contribution in [3.05, 3.63) is 47.8 Å². The molecule has 0 spiro atoms. The fourth-order valence-electron chi connectivity index (χ4n) is 2.61. The highest BCUT2D eigenvalue weighted by molar-refractivity contribution is 6.39. The van der Waals surface area contributed by atoms with Crippen molar-refractivity contribution >= 4 is 17.5 Å². The standard InChI is InChI=1S/C18H24N4O2/c1-12(2)9-16(15-8-6-5-7-13(15)3)21-18(24)17(23)20-14-10-19-22(4)11-14/h5-8,10-12,16H,9H2,1-4H3,(H,20,23)(H,21,24). The first-order valence-electron chi connectivity index (χ1n) is 8.03. The number of rotatable bonds is 5. The maximum absolute atomic E-state index is 12.3. The van der Waals surface area contributed by atoms with Crippen molar-refractivity contribution in [3.63, 3.8) is 0 Å². The Bertz CT molecular complexity index is 721. The second-order valence-electron chi connectivity index (χ2n) is 6.37. The molecule has 2 amide bonds. The predicted molar refractivity (Wildman–Crippen MR) is 93.4 cm³/mol. The Kier molecular flexibility index (Phi) is 5.73. The third-order valence-electron chi connectivity index (χ3n) is 3.75. The number of benzene rings is 1. The van der Waals surface area contributed by atoms with Gasteiger partial charge in [0.05, 0.1) is 17.9 Å². The normalized spacial score (nSPS) is 12.0. The topological polar surface area (TPSA) is 76.0 Å². The van der Waals surface area contributed by atoms with Crippen molar-refractivity contribution in [1.29, 1.82) is 0 Å². The molecule has 0 aliphatic rings. The van der Waals surface area contributed by atoms with Gasteiger partial charge in [0.2, 0.25) is 0 Å². The molecule has 0 saturated heterocycles. The van der Waals surface area contributed by atoms with Crippen LogP contribution in [0.4, 0.5) is 5.69 Å². The van der Waals surface area contributed by atoms with E-state index < -0.39 is 11.8 Å². The van der Waals surface area contributed by atoms with Crippen molar-refractivity contribution in [2.45, 2.75) is 33.2 Å². The SMILES string of the molecule is Cc1ccccc1C(CC(C)C)NC(=O)C(=O)Nc1cnn(C)c1. The highest BCUT2D eigenvalue weighted by Crippen LogP contribution is 2.24. The minimum Gasteiger partial charge on any atom is -0.341 e. The van der Waals surface area contributed by atoms with Crippen molar-refractivity contribution in [3.8, 4) is 0 Å². The van der Waals surface area contributed by atoms with E-state index in [-0.39, 0.29) is 6.04 Å². The van der Waals surface area contributed by atoms with Gasteiger partial charge in [-0.3, -0.25) is 14.3 Å². The second-order valence-corrected chi connectivity index (χ2v) is 6.37. The van der Waals surface area contributed by atoms with Gasteiger partial charge in [-0.05, 0) is 30.4 Å². The van der Waals surface area contributed by atoms with Crippen LogP contribution in [0.2, 0.25) is 0 Å². The lowest BCUT2D eigenvalue weighted by Crippen LogP contribution is -2.38. The third-order valence-corrected chi connectivity index (χ3v) is 3.75. The minimum absolute atomic E-state index is 0.196. The number of anilines is 1. The average Bonchev–Trinajstić information content (AvgIpc) is 2.91. The first kappa shape index (κ1) is 17.7. The summed E-state index contributed by atoms with van der Waals surface area (Å²) in [6.07, 6.45) is 3.90. The number of aromatic nitrogens is 2. The molecule has 0 bridgehead atoms. The van der Waals surface area contributed by atoms with E-state index >= 15 is 0 Å². The summed E-state index contributed by atoms with van der Waals surface area (Å²) in [4.78, 5) is 24.4. The number of amides is 2. The second kappa shape index (κ2) is 7.77. The first-order valence-corrected chi connectivity index (χ1v) is 8.03. The molecule has 0 fully saturated rings. The van der Waals surface area contributed by atoms with Gasteiger partial charge in [-0.15, -0.1) is 0 Å². The molecule has 0 aliphatic carbocycles. The molecule has 24 heavy (non-hydrogen) atoms. The number of hydrogen-bond donors (Lipinski definition) is 2. The van der Waals surface area contributed by atoms with Gasteiger partial charge in [-0.1, -0.05) is 38.1 Å². The average molecular weight is 328 g/mol. The minimum atomic E-state index is -0.689. The molecule has 1 unspecified atom stereocenters. The maximum Gasteiger partial charge on any atom is 0.313 e. The van der Waals surface area contributed by atoms with Crippen LogP contribution in [-0.4, -0.2) is 21.6 Å². The Balaban J connectivity index is 2.09. The summed E-state index contributed by atoms with van der Waals surface area (Å²) >= 11 is 0. The van der Waals surface area contributed by atoms with Crippen LogP contribution in [-0.2, 0) is 16.6 Å². The van der Waals surface area contributed by atoms with Gasteiger partial charge in [0.1, 0.15) is 0 Å². The molecular weight excluding hydrogens is 304 g/mol. The molecule has 2 rings (SSSR count). The number of nitrogens with one attached hydrogen (secondary N) is 2. The van der Waals surface area contributed by atoms with E-state index in [1.807, 2.05) is 31.2 Å². The molecule has 1 aromatic carbocycles. The molecule has 2 aromatic rings. The molecular formula is C18H24N4O2. The Morgan fingerprint density at radius 3 is 2.50 bits per heavy atom. The van der Waals surface area contributed by atoms with Crippen LogP contribution in [0.1, 0.15) is 37.4 Å². The number of nitrogens with zero attached hydrogens (tertiary/aromatic N) is 2. The molecule has 128 valence electrons. The van der Waals surface area contributed by atoms with Gasteiger partial charge in [0.25, 0.3) is 0 Å². The van der Waals surface area contributed by atoms with Gasteiger partial charge in [0, 0.05) is 13.2 Å².